The van der Waals surface area contributed by atoms with Gasteiger partial charge in [0.15, 0.2) is 16.4 Å². The highest BCUT2D eigenvalue weighted by Crippen LogP contribution is 2.15. The first-order valence-electron chi connectivity index (χ1n) is 5.63. The molecule has 1 amide bonds. The summed E-state index contributed by atoms with van der Waals surface area (Å²) >= 11 is 0. The number of carbonyl (C=O) groups excluding carboxylic acids is 1. The average molecular weight is 271 g/mol. The molecule has 6 heteroatoms. The fourth-order valence-corrected chi connectivity index (χ4v) is 1.88. The van der Waals surface area contributed by atoms with E-state index in [0.29, 0.717) is 12.3 Å². The lowest BCUT2D eigenvalue weighted by molar-refractivity contribution is -0.123. The summed E-state index contributed by atoms with van der Waals surface area (Å²) in [6.45, 7) is 2.51. The fraction of sp³-hybridized carbons (Fsp3) is 0.417. The smallest absolute Gasteiger partial charge is 0.257 e. The van der Waals surface area contributed by atoms with Gasteiger partial charge in [-0.25, -0.2) is 8.42 Å². The van der Waals surface area contributed by atoms with Crippen LogP contribution in [0, 0.1) is 0 Å². The van der Waals surface area contributed by atoms with E-state index in [1.807, 2.05) is 6.92 Å². The molecule has 0 radical (unpaired) electrons. The summed E-state index contributed by atoms with van der Waals surface area (Å²) in [5, 5.41) is 2.68. The van der Waals surface area contributed by atoms with Crippen molar-refractivity contribution in [3.63, 3.8) is 0 Å². The Morgan fingerprint density at radius 1 is 1.28 bits per heavy atom. The molecule has 5 nitrogen and oxygen atoms in total. The molecule has 0 bridgehead atoms. The van der Waals surface area contributed by atoms with E-state index in [4.69, 9.17) is 4.74 Å². The van der Waals surface area contributed by atoms with Crippen LogP contribution < -0.4 is 10.1 Å². The molecule has 0 heterocycles. The van der Waals surface area contributed by atoms with Crippen LogP contribution in [-0.4, -0.2) is 33.7 Å². The SMILES string of the molecule is CCCNC(=O)COc1ccc(S(C)(=O)=O)cc1. The first-order valence-corrected chi connectivity index (χ1v) is 7.52. The molecule has 0 aliphatic carbocycles. The Balaban J connectivity index is 2.52. The summed E-state index contributed by atoms with van der Waals surface area (Å²) in [6.07, 6.45) is 2.01. The fourth-order valence-electron chi connectivity index (χ4n) is 1.25. The Hall–Kier alpha value is -1.56. The number of carbonyl (C=O) groups is 1. The number of benzene rings is 1. The molecule has 0 unspecified atom stereocenters. The topological polar surface area (TPSA) is 72.5 Å². The van der Waals surface area contributed by atoms with Gasteiger partial charge in [-0.2, -0.15) is 0 Å². The van der Waals surface area contributed by atoms with Gasteiger partial charge in [0.05, 0.1) is 4.90 Å². The van der Waals surface area contributed by atoms with E-state index in [1.165, 1.54) is 24.3 Å². The zero-order valence-corrected chi connectivity index (χ0v) is 11.3. The van der Waals surface area contributed by atoms with Crippen molar-refractivity contribution in [2.24, 2.45) is 0 Å². The van der Waals surface area contributed by atoms with E-state index in [1.54, 1.807) is 0 Å². The van der Waals surface area contributed by atoms with Crippen molar-refractivity contribution in [3.8, 4) is 5.75 Å². The second-order valence-corrected chi connectivity index (χ2v) is 5.90. The quantitative estimate of drug-likeness (QED) is 0.837. The van der Waals surface area contributed by atoms with Gasteiger partial charge in [0.2, 0.25) is 0 Å². The molecule has 1 aromatic carbocycles. The van der Waals surface area contributed by atoms with Crippen LogP contribution in [-0.2, 0) is 14.6 Å². The lowest BCUT2D eigenvalue weighted by Gasteiger charge is -2.07. The molecular formula is C12H17NO4S. The van der Waals surface area contributed by atoms with Crippen LogP contribution in [0.3, 0.4) is 0 Å². The lowest BCUT2D eigenvalue weighted by atomic mass is 10.3. The molecule has 0 aliphatic rings. The van der Waals surface area contributed by atoms with Crippen LogP contribution in [0.2, 0.25) is 0 Å². The minimum absolute atomic E-state index is 0.0712. The van der Waals surface area contributed by atoms with Gasteiger partial charge in [0.1, 0.15) is 5.75 Å². The number of hydrogen-bond acceptors (Lipinski definition) is 4. The molecule has 0 saturated carbocycles. The summed E-state index contributed by atoms with van der Waals surface area (Å²) in [5.74, 6) is 0.276. The Labute approximate surface area is 107 Å². The minimum Gasteiger partial charge on any atom is -0.484 e. The average Bonchev–Trinajstić information content (AvgIpc) is 2.33. The molecule has 100 valence electrons. The molecule has 0 atom stereocenters. The largest absolute Gasteiger partial charge is 0.484 e. The Kier molecular flexibility index (Phi) is 5.15. The first kappa shape index (κ1) is 14.5. The molecular weight excluding hydrogens is 254 g/mol. The van der Waals surface area contributed by atoms with Gasteiger partial charge in [-0.3, -0.25) is 4.79 Å². The molecule has 1 aromatic rings. The van der Waals surface area contributed by atoms with Crippen molar-refractivity contribution in [2.75, 3.05) is 19.4 Å². The van der Waals surface area contributed by atoms with Crippen LogP contribution in [0.5, 0.6) is 5.75 Å². The van der Waals surface area contributed by atoms with E-state index in [9.17, 15) is 13.2 Å². The zero-order valence-electron chi connectivity index (χ0n) is 10.5. The van der Waals surface area contributed by atoms with E-state index in [2.05, 4.69) is 5.32 Å². The highest BCUT2D eigenvalue weighted by Gasteiger charge is 2.07. The molecule has 0 aromatic heterocycles. The molecule has 1 rings (SSSR count). The van der Waals surface area contributed by atoms with Crippen molar-refractivity contribution < 1.29 is 17.9 Å². The monoisotopic (exact) mass is 271 g/mol. The normalized spacial score (nSPS) is 11.0. The van der Waals surface area contributed by atoms with Crippen molar-refractivity contribution in [1.29, 1.82) is 0 Å². The molecule has 0 saturated heterocycles. The number of nitrogens with one attached hydrogen (secondary N) is 1. The van der Waals surface area contributed by atoms with Gasteiger partial charge < -0.3 is 10.1 Å². The number of rotatable bonds is 6. The van der Waals surface area contributed by atoms with Crippen LogP contribution in [0.1, 0.15) is 13.3 Å². The summed E-state index contributed by atoms with van der Waals surface area (Å²) < 4.78 is 27.7. The van der Waals surface area contributed by atoms with Crippen molar-refractivity contribution >= 4 is 15.7 Å². The minimum atomic E-state index is -3.20. The summed E-state index contributed by atoms with van der Waals surface area (Å²) in [4.78, 5) is 11.5. The standard InChI is InChI=1S/C12H17NO4S/c1-3-8-13-12(14)9-17-10-4-6-11(7-5-10)18(2,15)16/h4-7H,3,8-9H2,1-2H3,(H,13,14). The Morgan fingerprint density at radius 3 is 2.39 bits per heavy atom. The molecule has 1 N–H and O–H groups in total. The van der Waals surface area contributed by atoms with Crippen molar-refractivity contribution in [3.05, 3.63) is 24.3 Å². The maximum atomic E-state index is 11.3. The third-order valence-electron chi connectivity index (χ3n) is 2.19. The second kappa shape index (κ2) is 6.39. The predicted molar refractivity (Wildman–Crippen MR) is 68.3 cm³/mol. The maximum Gasteiger partial charge on any atom is 0.257 e. The summed E-state index contributed by atoms with van der Waals surface area (Å²) in [6, 6.07) is 5.97. The summed E-state index contributed by atoms with van der Waals surface area (Å²) in [7, 11) is -3.20. The third-order valence-corrected chi connectivity index (χ3v) is 3.32. The van der Waals surface area contributed by atoms with E-state index >= 15 is 0 Å². The summed E-state index contributed by atoms with van der Waals surface area (Å²) in [5.41, 5.74) is 0. The highest BCUT2D eigenvalue weighted by molar-refractivity contribution is 7.90. The van der Waals surface area contributed by atoms with Crippen LogP contribution in [0.4, 0.5) is 0 Å². The Bertz CT molecular complexity index is 493. The van der Waals surface area contributed by atoms with Crippen molar-refractivity contribution in [1.82, 2.24) is 5.32 Å². The van der Waals surface area contributed by atoms with Gasteiger partial charge in [0, 0.05) is 12.8 Å². The number of hydrogen-bond donors (Lipinski definition) is 1. The lowest BCUT2D eigenvalue weighted by Crippen LogP contribution is -2.29. The van der Waals surface area contributed by atoms with Gasteiger partial charge in [0.25, 0.3) is 5.91 Å². The Morgan fingerprint density at radius 2 is 1.89 bits per heavy atom. The van der Waals surface area contributed by atoms with E-state index < -0.39 is 9.84 Å². The van der Waals surface area contributed by atoms with Gasteiger partial charge in [-0.05, 0) is 30.7 Å². The van der Waals surface area contributed by atoms with Crippen molar-refractivity contribution in [2.45, 2.75) is 18.2 Å². The van der Waals surface area contributed by atoms with Crippen LogP contribution in [0.25, 0.3) is 0 Å². The van der Waals surface area contributed by atoms with Crippen LogP contribution >= 0.6 is 0 Å². The van der Waals surface area contributed by atoms with Gasteiger partial charge in [-0.15, -0.1) is 0 Å². The van der Waals surface area contributed by atoms with Gasteiger partial charge >= 0.3 is 0 Å². The predicted octanol–water partition coefficient (Wildman–Crippen LogP) is 0.995. The first-order chi connectivity index (χ1) is 8.43. The molecule has 0 fully saturated rings. The second-order valence-electron chi connectivity index (χ2n) is 3.88. The number of amides is 1. The van der Waals surface area contributed by atoms with E-state index in [0.717, 1.165) is 12.7 Å². The maximum absolute atomic E-state index is 11.3. The zero-order chi connectivity index (χ0) is 13.6. The van der Waals surface area contributed by atoms with Gasteiger partial charge in [-0.1, -0.05) is 6.92 Å². The van der Waals surface area contributed by atoms with E-state index in [-0.39, 0.29) is 17.4 Å². The third kappa shape index (κ3) is 4.75. The molecule has 0 aliphatic heterocycles. The molecule has 0 spiro atoms. The highest BCUT2D eigenvalue weighted by atomic mass is 32.2. The molecule has 18 heavy (non-hydrogen) atoms. The number of ether oxygens (including phenoxy) is 1. The van der Waals surface area contributed by atoms with Crippen LogP contribution in [0.15, 0.2) is 29.2 Å². The number of sulfone groups is 1.